The van der Waals surface area contributed by atoms with Crippen LogP contribution in [-0.4, -0.2) is 28.5 Å². The Hall–Kier alpha value is -2.77. The minimum Gasteiger partial charge on any atom is -0.496 e. The molecule has 0 aliphatic heterocycles. The summed E-state index contributed by atoms with van der Waals surface area (Å²) in [6.07, 6.45) is 0.943. The van der Waals surface area contributed by atoms with Crippen molar-refractivity contribution < 1.29 is 9.47 Å². The first kappa shape index (κ1) is 22.4. The number of benzene rings is 3. The van der Waals surface area contributed by atoms with E-state index in [2.05, 4.69) is 61.9 Å². The van der Waals surface area contributed by atoms with Crippen molar-refractivity contribution in [2.75, 3.05) is 13.7 Å². The number of methoxy groups -OCH3 is 1. The topological polar surface area (TPSA) is 49.2 Å². The van der Waals surface area contributed by atoms with Gasteiger partial charge < -0.3 is 9.47 Å². The molecule has 3 aromatic carbocycles. The van der Waals surface area contributed by atoms with Crippen LogP contribution in [0.3, 0.4) is 0 Å². The predicted molar refractivity (Wildman–Crippen MR) is 133 cm³/mol. The summed E-state index contributed by atoms with van der Waals surface area (Å²) < 4.78 is 14.4. The van der Waals surface area contributed by atoms with E-state index in [9.17, 15) is 0 Å². The number of nitrogens with zero attached hydrogens (tertiary/aromatic N) is 3. The van der Waals surface area contributed by atoms with Gasteiger partial charge >= 0.3 is 0 Å². The van der Waals surface area contributed by atoms with Crippen molar-refractivity contribution in [2.24, 2.45) is 0 Å². The van der Waals surface area contributed by atoms with Crippen LogP contribution >= 0.6 is 27.7 Å². The van der Waals surface area contributed by atoms with Crippen LogP contribution < -0.4 is 9.47 Å². The van der Waals surface area contributed by atoms with E-state index < -0.39 is 0 Å². The molecule has 1 heterocycles. The van der Waals surface area contributed by atoms with Gasteiger partial charge in [0.2, 0.25) is 0 Å². The quantitative estimate of drug-likeness (QED) is 0.232. The highest BCUT2D eigenvalue weighted by Gasteiger charge is 2.19. The smallest absolute Gasteiger partial charge is 0.196 e. The minimum absolute atomic E-state index is 0.657. The molecule has 4 rings (SSSR count). The zero-order valence-corrected chi connectivity index (χ0v) is 20.4. The number of thioether (sulfide) groups is 1. The molecule has 0 saturated heterocycles. The third-order valence-corrected chi connectivity index (χ3v) is 6.44. The summed E-state index contributed by atoms with van der Waals surface area (Å²) in [4.78, 5) is 0. The zero-order chi connectivity index (χ0) is 22.3. The minimum atomic E-state index is 0.657. The number of para-hydroxylation sites is 2. The summed E-state index contributed by atoms with van der Waals surface area (Å²) in [6.45, 7) is 2.76. The van der Waals surface area contributed by atoms with Gasteiger partial charge in [-0.1, -0.05) is 55.1 Å². The molecule has 0 bridgehead atoms. The van der Waals surface area contributed by atoms with Crippen molar-refractivity contribution >= 4 is 27.7 Å². The normalized spacial score (nSPS) is 10.8. The van der Waals surface area contributed by atoms with Crippen LogP contribution in [0.25, 0.3) is 17.1 Å². The van der Waals surface area contributed by atoms with Crippen LogP contribution in [0, 0.1) is 0 Å². The number of aromatic nitrogens is 3. The lowest BCUT2D eigenvalue weighted by Gasteiger charge is -2.13. The third kappa shape index (κ3) is 5.00. The summed E-state index contributed by atoms with van der Waals surface area (Å²) in [7, 11) is 1.67. The van der Waals surface area contributed by atoms with Gasteiger partial charge in [0, 0.05) is 11.4 Å². The second kappa shape index (κ2) is 10.7. The first-order valence-corrected chi connectivity index (χ1v) is 12.2. The average Bonchev–Trinajstić information content (AvgIpc) is 3.26. The molecule has 0 spiro atoms. The third-order valence-electron chi connectivity index (χ3n) is 4.82. The van der Waals surface area contributed by atoms with Crippen LogP contribution in [0.4, 0.5) is 0 Å². The Morgan fingerprint density at radius 1 is 0.938 bits per heavy atom. The molecule has 7 heteroatoms. The molecule has 0 atom stereocenters. The molecule has 5 nitrogen and oxygen atoms in total. The summed E-state index contributed by atoms with van der Waals surface area (Å²) in [6, 6.07) is 24.3. The first-order valence-electron chi connectivity index (χ1n) is 10.4. The molecular weight excluding hydrogens is 486 g/mol. The van der Waals surface area contributed by atoms with E-state index in [0.29, 0.717) is 6.61 Å². The van der Waals surface area contributed by atoms with E-state index in [1.54, 1.807) is 18.9 Å². The molecule has 4 aromatic rings. The molecule has 0 N–H and O–H groups in total. The molecule has 0 aliphatic carbocycles. The number of halogens is 1. The van der Waals surface area contributed by atoms with E-state index in [1.807, 2.05) is 48.5 Å². The van der Waals surface area contributed by atoms with E-state index in [-0.39, 0.29) is 0 Å². The van der Waals surface area contributed by atoms with Crippen LogP contribution in [0.2, 0.25) is 0 Å². The second-order valence-electron chi connectivity index (χ2n) is 7.08. The van der Waals surface area contributed by atoms with E-state index >= 15 is 0 Å². The summed E-state index contributed by atoms with van der Waals surface area (Å²) in [5.74, 6) is 3.15. The van der Waals surface area contributed by atoms with Crippen LogP contribution in [0.5, 0.6) is 11.5 Å². The Kier molecular flexibility index (Phi) is 7.50. The maximum Gasteiger partial charge on any atom is 0.196 e. The van der Waals surface area contributed by atoms with E-state index in [4.69, 9.17) is 9.47 Å². The fourth-order valence-electron chi connectivity index (χ4n) is 3.28. The van der Waals surface area contributed by atoms with Crippen molar-refractivity contribution in [2.45, 2.75) is 24.3 Å². The maximum absolute atomic E-state index is 6.00. The molecule has 0 saturated carbocycles. The van der Waals surface area contributed by atoms with E-state index in [1.165, 1.54) is 5.56 Å². The second-order valence-corrected chi connectivity index (χ2v) is 8.88. The fourth-order valence-corrected chi connectivity index (χ4v) is 4.77. The standard InChI is InChI=1S/C25H24BrN3O2S/c1-3-15-31-22-12-8-7-11-20(22)24-27-28-25(29(24)19-9-5-4-6-10-19)32-17-18-13-14-23(30-2)21(26)16-18/h4-14,16H,3,15,17H2,1-2H3. The Morgan fingerprint density at radius 3 is 2.47 bits per heavy atom. The Bertz CT molecular complexity index is 1180. The molecule has 0 radical (unpaired) electrons. The van der Waals surface area contributed by atoms with Gasteiger partial charge in [-0.3, -0.25) is 4.57 Å². The van der Waals surface area contributed by atoms with Gasteiger partial charge in [0.15, 0.2) is 11.0 Å². The average molecular weight is 510 g/mol. The van der Waals surface area contributed by atoms with Crippen molar-refractivity contribution in [3.8, 4) is 28.6 Å². The lowest BCUT2D eigenvalue weighted by Crippen LogP contribution is -2.02. The van der Waals surface area contributed by atoms with Crippen LogP contribution in [0.15, 0.2) is 82.4 Å². The van der Waals surface area contributed by atoms with Crippen molar-refractivity contribution in [1.29, 1.82) is 0 Å². The highest BCUT2D eigenvalue weighted by molar-refractivity contribution is 9.10. The van der Waals surface area contributed by atoms with Crippen molar-refractivity contribution in [3.63, 3.8) is 0 Å². The molecule has 164 valence electrons. The number of ether oxygens (including phenoxy) is 2. The lowest BCUT2D eigenvalue weighted by atomic mass is 10.2. The molecule has 0 amide bonds. The first-order chi connectivity index (χ1) is 15.7. The van der Waals surface area contributed by atoms with Gasteiger partial charge in [-0.15, -0.1) is 10.2 Å². The Balaban J connectivity index is 1.70. The monoisotopic (exact) mass is 509 g/mol. The number of hydrogen-bond donors (Lipinski definition) is 0. The summed E-state index contributed by atoms with van der Waals surface area (Å²) in [5, 5.41) is 9.94. The molecule has 0 aliphatic rings. The fraction of sp³-hybridized carbons (Fsp3) is 0.200. The van der Waals surface area contributed by atoms with Crippen molar-refractivity contribution in [1.82, 2.24) is 14.8 Å². The number of hydrogen-bond acceptors (Lipinski definition) is 5. The summed E-state index contributed by atoms with van der Waals surface area (Å²) in [5.41, 5.74) is 3.10. The van der Waals surface area contributed by atoms with Crippen LogP contribution in [-0.2, 0) is 5.75 Å². The van der Waals surface area contributed by atoms with Gasteiger partial charge in [0.1, 0.15) is 11.5 Å². The summed E-state index contributed by atoms with van der Waals surface area (Å²) >= 11 is 5.21. The van der Waals surface area contributed by atoms with Gasteiger partial charge in [0.05, 0.1) is 23.8 Å². The molecule has 0 unspecified atom stereocenters. The number of rotatable bonds is 9. The lowest BCUT2D eigenvalue weighted by molar-refractivity contribution is 0.318. The highest BCUT2D eigenvalue weighted by atomic mass is 79.9. The largest absolute Gasteiger partial charge is 0.496 e. The Labute approximate surface area is 200 Å². The van der Waals surface area contributed by atoms with Gasteiger partial charge in [0.25, 0.3) is 0 Å². The maximum atomic E-state index is 6.00. The van der Waals surface area contributed by atoms with Crippen molar-refractivity contribution in [3.05, 3.63) is 82.8 Å². The molecule has 32 heavy (non-hydrogen) atoms. The van der Waals surface area contributed by atoms with Gasteiger partial charge in [-0.25, -0.2) is 0 Å². The molecule has 1 aromatic heterocycles. The SMILES string of the molecule is CCCOc1ccccc1-c1nnc(SCc2ccc(OC)c(Br)c2)n1-c1ccccc1. The zero-order valence-electron chi connectivity index (χ0n) is 18.0. The Morgan fingerprint density at radius 2 is 1.72 bits per heavy atom. The van der Waals surface area contributed by atoms with Gasteiger partial charge in [-0.05, 0) is 64.3 Å². The molecular formula is C25H24BrN3O2S. The predicted octanol–water partition coefficient (Wildman–Crippen LogP) is 6.79. The molecule has 0 fully saturated rings. The van der Waals surface area contributed by atoms with Crippen LogP contribution in [0.1, 0.15) is 18.9 Å². The highest BCUT2D eigenvalue weighted by Crippen LogP contribution is 2.35. The van der Waals surface area contributed by atoms with E-state index in [0.717, 1.165) is 50.4 Å². The van der Waals surface area contributed by atoms with Gasteiger partial charge in [-0.2, -0.15) is 0 Å².